The molecule has 0 radical (unpaired) electrons. The molecule has 98 valence electrons. The number of nitrogens with two attached hydrogens (primary N) is 1. The number of likely N-dealkylation sites (tertiary alicyclic amines) is 1. The molecule has 7 heteroatoms. The average molecular weight is 252 g/mol. The number of rotatable bonds is 2. The number of amides is 1. The van der Waals surface area contributed by atoms with Crippen LogP contribution in [0.1, 0.15) is 22.5 Å². The summed E-state index contributed by atoms with van der Waals surface area (Å²) in [6.45, 7) is 2.14. The van der Waals surface area contributed by atoms with E-state index in [0.717, 1.165) is 0 Å². The second-order valence-corrected chi connectivity index (χ2v) is 4.74. The number of aromatic nitrogens is 2. The summed E-state index contributed by atoms with van der Waals surface area (Å²) in [5.41, 5.74) is 5.53. The van der Waals surface area contributed by atoms with Crippen molar-refractivity contribution in [3.05, 3.63) is 17.5 Å². The monoisotopic (exact) mass is 252 g/mol. The van der Waals surface area contributed by atoms with Crippen molar-refractivity contribution in [2.45, 2.75) is 18.9 Å². The molecule has 18 heavy (non-hydrogen) atoms. The molecule has 2 rings (SSSR count). The summed E-state index contributed by atoms with van der Waals surface area (Å²) < 4.78 is 1.56. The number of carbonyl (C=O) groups is 2. The third kappa shape index (κ3) is 1.97. The van der Waals surface area contributed by atoms with Gasteiger partial charge in [0.05, 0.1) is 11.3 Å². The summed E-state index contributed by atoms with van der Waals surface area (Å²) in [6, 6.07) is 0. The van der Waals surface area contributed by atoms with Gasteiger partial charge in [-0.15, -0.1) is 0 Å². The molecule has 1 aliphatic heterocycles. The van der Waals surface area contributed by atoms with Crippen LogP contribution in [-0.4, -0.2) is 50.3 Å². The summed E-state index contributed by atoms with van der Waals surface area (Å²) in [5, 5.41) is 13.1. The lowest BCUT2D eigenvalue weighted by Crippen LogP contribution is -2.50. The van der Waals surface area contributed by atoms with Gasteiger partial charge >= 0.3 is 5.97 Å². The second-order valence-electron chi connectivity index (χ2n) is 4.74. The number of hydrogen-bond donors (Lipinski definition) is 2. The molecule has 1 fully saturated rings. The Hall–Kier alpha value is -1.89. The molecule has 1 atom stereocenters. The predicted octanol–water partition coefficient (Wildman–Crippen LogP) is -0.643. The highest BCUT2D eigenvalue weighted by molar-refractivity contribution is 5.96. The van der Waals surface area contributed by atoms with Crippen LogP contribution in [-0.2, 0) is 11.8 Å². The van der Waals surface area contributed by atoms with Crippen molar-refractivity contribution in [1.82, 2.24) is 14.7 Å². The quantitative estimate of drug-likeness (QED) is 0.728. The maximum absolute atomic E-state index is 12.2. The van der Waals surface area contributed by atoms with Gasteiger partial charge in [0.2, 0.25) is 0 Å². The van der Waals surface area contributed by atoms with Gasteiger partial charge in [-0.2, -0.15) is 5.10 Å². The first-order chi connectivity index (χ1) is 8.33. The number of nitrogens with zero attached hydrogens (tertiary/aromatic N) is 3. The van der Waals surface area contributed by atoms with Crippen LogP contribution in [0.3, 0.4) is 0 Å². The third-order valence-corrected chi connectivity index (χ3v) is 3.26. The molecule has 1 aromatic heterocycles. The minimum absolute atomic E-state index is 0.0372. The molecular weight excluding hydrogens is 236 g/mol. The van der Waals surface area contributed by atoms with Gasteiger partial charge < -0.3 is 15.7 Å². The molecule has 0 saturated carbocycles. The van der Waals surface area contributed by atoms with Gasteiger partial charge in [-0.3, -0.25) is 14.3 Å². The Labute approximate surface area is 104 Å². The third-order valence-electron chi connectivity index (χ3n) is 3.26. The highest BCUT2D eigenvalue weighted by Gasteiger charge is 2.43. The fraction of sp³-hybridized carbons (Fsp3) is 0.545. The largest absolute Gasteiger partial charge is 0.480 e. The molecule has 0 aliphatic carbocycles. The van der Waals surface area contributed by atoms with Crippen molar-refractivity contribution in [1.29, 1.82) is 0 Å². The normalized spacial score (nSPS) is 23.4. The van der Waals surface area contributed by atoms with E-state index < -0.39 is 11.5 Å². The lowest BCUT2D eigenvalue weighted by molar-refractivity contribution is -0.142. The molecule has 1 saturated heterocycles. The van der Waals surface area contributed by atoms with E-state index in [4.69, 9.17) is 10.8 Å². The first-order valence-corrected chi connectivity index (χ1v) is 5.65. The fourth-order valence-corrected chi connectivity index (χ4v) is 2.16. The van der Waals surface area contributed by atoms with E-state index in [9.17, 15) is 9.59 Å². The first-order valence-electron chi connectivity index (χ1n) is 5.65. The average Bonchev–Trinajstić information content (AvgIpc) is 2.82. The van der Waals surface area contributed by atoms with E-state index in [-0.39, 0.29) is 18.9 Å². The van der Waals surface area contributed by atoms with E-state index in [1.807, 2.05) is 0 Å². The first kappa shape index (κ1) is 12.6. The number of carboxylic acid groups (broad SMARTS) is 1. The highest BCUT2D eigenvalue weighted by atomic mass is 16.4. The minimum Gasteiger partial charge on any atom is -0.480 e. The SMILES string of the molecule is Cc1nn(C)cc1C(=O)N1CCC(N)(C(=O)O)C1. The van der Waals surface area contributed by atoms with Crippen LogP contribution in [0.25, 0.3) is 0 Å². The topological polar surface area (TPSA) is 101 Å². The summed E-state index contributed by atoms with van der Waals surface area (Å²) >= 11 is 0. The number of carbonyl (C=O) groups excluding carboxylic acids is 1. The number of carboxylic acids is 1. The van der Waals surface area contributed by atoms with E-state index in [1.165, 1.54) is 4.90 Å². The molecule has 1 unspecified atom stereocenters. The van der Waals surface area contributed by atoms with Crippen molar-refractivity contribution in [3.63, 3.8) is 0 Å². The molecule has 3 N–H and O–H groups in total. The van der Waals surface area contributed by atoms with Crippen LogP contribution < -0.4 is 5.73 Å². The maximum atomic E-state index is 12.2. The Morgan fingerprint density at radius 1 is 1.56 bits per heavy atom. The number of hydrogen-bond acceptors (Lipinski definition) is 4. The van der Waals surface area contributed by atoms with Crippen molar-refractivity contribution in [2.75, 3.05) is 13.1 Å². The van der Waals surface area contributed by atoms with Gasteiger partial charge in [0.15, 0.2) is 0 Å². The fourth-order valence-electron chi connectivity index (χ4n) is 2.16. The van der Waals surface area contributed by atoms with Crippen molar-refractivity contribution in [2.24, 2.45) is 12.8 Å². The summed E-state index contributed by atoms with van der Waals surface area (Å²) in [7, 11) is 1.73. The van der Waals surface area contributed by atoms with Gasteiger partial charge in [-0.1, -0.05) is 0 Å². The van der Waals surface area contributed by atoms with E-state index >= 15 is 0 Å². The molecular formula is C11H16N4O3. The smallest absolute Gasteiger partial charge is 0.325 e. The Bertz CT molecular complexity index is 510. The molecule has 0 bridgehead atoms. The van der Waals surface area contributed by atoms with Crippen LogP contribution >= 0.6 is 0 Å². The van der Waals surface area contributed by atoms with Crippen molar-refractivity contribution < 1.29 is 14.7 Å². The van der Waals surface area contributed by atoms with Crippen molar-refractivity contribution >= 4 is 11.9 Å². The van der Waals surface area contributed by atoms with Gasteiger partial charge in [-0.25, -0.2) is 0 Å². The maximum Gasteiger partial charge on any atom is 0.325 e. The molecule has 1 aliphatic rings. The Kier molecular flexibility index (Phi) is 2.86. The van der Waals surface area contributed by atoms with E-state index in [2.05, 4.69) is 5.10 Å². The van der Waals surface area contributed by atoms with Gasteiger partial charge in [0.1, 0.15) is 5.54 Å². The van der Waals surface area contributed by atoms with E-state index in [1.54, 1.807) is 24.9 Å². The van der Waals surface area contributed by atoms with Crippen LogP contribution in [0, 0.1) is 6.92 Å². The standard InChI is InChI=1S/C11H16N4O3/c1-7-8(5-14(2)13-7)9(16)15-4-3-11(12,6-15)10(17)18/h5H,3-4,6,12H2,1-2H3,(H,17,18). The second kappa shape index (κ2) is 4.09. The zero-order valence-corrected chi connectivity index (χ0v) is 10.4. The molecule has 1 amide bonds. The molecule has 7 nitrogen and oxygen atoms in total. The minimum atomic E-state index is -1.33. The number of aryl methyl sites for hydroxylation is 2. The van der Waals surface area contributed by atoms with Gasteiger partial charge in [0, 0.05) is 26.3 Å². The Balaban J connectivity index is 2.18. The highest BCUT2D eigenvalue weighted by Crippen LogP contribution is 2.21. The van der Waals surface area contributed by atoms with Gasteiger partial charge in [0.25, 0.3) is 5.91 Å². The van der Waals surface area contributed by atoms with Crippen LogP contribution in [0.2, 0.25) is 0 Å². The summed E-state index contributed by atoms with van der Waals surface area (Å²) in [4.78, 5) is 24.7. The summed E-state index contributed by atoms with van der Waals surface area (Å²) in [5.74, 6) is -1.28. The molecule has 0 aromatic carbocycles. The predicted molar refractivity (Wildman–Crippen MR) is 63.0 cm³/mol. The molecule has 2 heterocycles. The zero-order chi connectivity index (χ0) is 13.5. The molecule has 0 spiro atoms. The van der Waals surface area contributed by atoms with E-state index in [0.29, 0.717) is 17.8 Å². The Morgan fingerprint density at radius 3 is 2.67 bits per heavy atom. The van der Waals surface area contributed by atoms with Gasteiger partial charge in [-0.05, 0) is 13.3 Å². The number of aliphatic carboxylic acids is 1. The molecule has 1 aromatic rings. The Morgan fingerprint density at radius 2 is 2.22 bits per heavy atom. The zero-order valence-electron chi connectivity index (χ0n) is 10.4. The lowest BCUT2D eigenvalue weighted by Gasteiger charge is -2.19. The van der Waals surface area contributed by atoms with Crippen LogP contribution in [0.4, 0.5) is 0 Å². The lowest BCUT2D eigenvalue weighted by atomic mass is 10.0. The van der Waals surface area contributed by atoms with Crippen LogP contribution in [0.5, 0.6) is 0 Å². The van der Waals surface area contributed by atoms with Crippen molar-refractivity contribution in [3.8, 4) is 0 Å². The summed E-state index contributed by atoms with van der Waals surface area (Å²) in [6.07, 6.45) is 1.91. The van der Waals surface area contributed by atoms with Crippen LogP contribution in [0.15, 0.2) is 6.20 Å².